The maximum absolute atomic E-state index is 12.3. The number of carbonyl (C=O) groups excluding carboxylic acids is 2. The molecule has 2 aromatic carbocycles. The van der Waals surface area contributed by atoms with Gasteiger partial charge in [0, 0.05) is 21.5 Å². The van der Waals surface area contributed by atoms with Crippen molar-refractivity contribution >= 4 is 38.9 Å². The van der Waals surface area contributed by atoms with Gasteiger partial charge in [0.2, 0.25) is 10.0 Å². The predicted molar refractivity (Wildman–Crippen MR) is 110 cm³/mol. The van der Waals surface area contributed by atoms with Crippen LogP contribution in [0.5, 0.6) is 0 Å². The van der Waals surface area contributed by atoms with Gasteiger partial charge < -0.3 is 0 Å². The molecule has 0 spiro atoms. The second kappa shape index (κ2) is 8.24. The van der Waals surface area contributed by atoms with Crippen LogP contribution < -0.4 is 15.6 Å². The molecule has 0 aliphatic carbocycles. The molecule has 0 saturated carbocycles. The lowest BCUT2D eigenvalue weighted by molar-refractivity contribution is 0.0847. The van der Waals surface area contributed by atoms with E-state index in [4.69, 9.17) is 0 Å². The van der Waals surface area contributed by atoms with E-state index in [1.807, 2.05) is 30.3 Å². The van der Waals surface area contributed by atoms with Crippen molar-refractivity contribution in [2.75, 3.05) is 11.0 Å². The Kier molecular flexibility index (Phi) is 5.76. The highest BCUT2D eigenvalue weighted by Gasteiger charge is 2.12. The molecule has 0 unspecified atom stereocenters. The van der Waals surface area contributed by atoms with Gasteiger partial charge in [0.25, 0.3) is 11.8 Å². The summed E-state index contributed by atoms with van der Waals surface area (Å²) in [6.45, 7) is 0. The van der Waals surface area contributed by atoms with Crippen LogP contribution in [0.3, 0.4) is 0 Å². The standard InChI is InChI=1S/C19H17N3O4S2/c1-28(25,26)22-16-9-5-8-14(10-16)18(23)20-21-19(24)15-11-17(27-12-15)13-6-3-2-4-7-13/h2-12,22H,1H3,(H,20,23)(H,21,24). The number of hydrogen-bond acceptors (Lipinski definition) is 5. The van der Waals surface area contributed by atoms with Gasteiger partial charge in [-0.15, -0.1) is 11.3 Å². The van der Waals surface area contributed by atoms with Crippen molar-refractivity contribution in [2.24, 2.45) is 0 Å². The molecule has 3 N–H and O–H groups in total. The Morgan fingerprint density at radius 1 is 0.857 bits per heavy atom. The Morgan fingerprint density at radius 3 is 2.21 bits per heavy atom. The van der Waals surface area contributed by atoms with E-state index in [1.54, 1.807) is 11.4 Å². The Balaban J connectivity index is 1.63. The van der Waals surface area contributed by atoms with Gasteiger partial charge >= 0.3 is 0 Å². The summed E-state index contributed by atoms with van der Waals surface area (Å²) in [7, 11) is -3.45. The smallest absolute Gasteiger partial charge is 0.270 e. The third kappa shape index (κ3) is 5.18. The van der Waals surface area contributed by atoms with Crippen molar-refractivity contribution < 1.29 is 18.0 Å². The maximum atomic E-state index is 12.3. The molecule has 0 aliphatic rings. The Hall–Kier alpha value is -3.17. The van der Waals surface area contributed by atoms with Crippen molar-refractivity contribution in [3.63, 3.8) is 0 Å². The van der Waals surface area contributed by atoms with Crippen LogP contribution in [0.25, 0.3) is 10.4 Å². The predicted octanol–water partition coefficient (Wildman–Crippen LogP) is 2.86. The topological polar surface area (TPSA) is 104 Å². The van der Waals surface area contributed by atoms with E-state index < -0.39 is 21.8 Å². The van der Waals surface area contributed by atoms with Gasteiger partial charge in [0.1, 0.15) is 0 Å². The number of benzene rings is 2. The molecule has 28 heavy (non-hydrogen) atoms. The molecule has 0 fully saturated rings. The zero-order valence-corrected chi connectivity index (χ0v) is 16.4. The van der Waals surface area contributed by atoms with Gasteiger partial charge in [-0.2, -0.15) is 0 Å². The minimum atomic E-state index is -3.45. The fraction of sp³-hybridized carbons (Fsp3) is 0.0526. The summed E-state index contributed by atoms with van der Waals surface area (Å²) in [6, 6.07) is 17.3. The van der Waals surface area contributed by atoms with Crippen LogP contribution in [0.4, 0.5) is 5.69 Å². The van der Waals surface area contributed by atoms with Crippen LogP contribution in [-0.4, -0.2) is 26.5 Å². The van der Waals surface area contributed by atoms with Gasteiger partial charge in [-0.1, -0.05) is 36.4 Å². The summed E-state index contributed by atoms with van der Waals surface area (Å²) in [5, 5.41) is 1.71. The average molecular weight is 415 g/mol. The van der Waals surface area contributed by atoms with E-state index in [1.165, 1.54) is 35.6 Å². The van der Waals surface area contributed by atoms with Crippen LogP contribution in [0.15, 0.2) is 66.0 Å². The van der Waals surface area contributed by atoms with Crippen molar-refractivity contribution in [2.45, 2.75) is 0 Å². The summed E-state index contributed by atoms with van der Waals surface area (Å²) in [5.41, 5.74) is 6.57. The minimum Gasteiger partial charge on any atom is -0.284 e. The molecule has 0 radical (unpaired) electrons. The first-order chi connectivity index (χ1) is 13.3. The van der Waals surface area contributed by atoms with Gasteiger partial charge in [-0.05, 0) is 29.8 Å². The number of nitrogens with one attached hydrogen (secondary N) is 3. The summed E-state index contributed by atoms with van der Waals surface area (Å²) < 4.78 is 24.9. The largest absolute Gasteiger partial charge is 0.284 e. The minimum absolute atomic E-state index is 0.198. The lowest BCUT2D eigenvalue weighted by Crippen LogP contribution is -2.41. The number of hydrazine groups is 1. The molecule has 0 saturated heterocycles. The van der Waals surface area contributed by atoms with Crippen molar-refractivity contribution in [1.82, 2.24) is 10.9 Å². The number of carbonyl (C=O) groups is 2. The first kappa shape index (κ1) is 19.6. The quantitative estimate of drug-likeness (QED) is 0.557. The summed E-state index contributed by atoms with van der Waals surface area (Å²) in [4.78, 5) is 25.4. The Bertz CT molecular complexity index is 1110. The molecule has 1 heterocycles. The molecule has 9 heteroatoms. The zero-order chi connectivity index (χ0) is 20.1. The van der Waals surface area contributed by atoms with Crippen LogP contribution in [0.1, 0.15) is 20.7 Å². The third-order valence-electron chi connectivity index (χ3n) is 3.64. The molecule has 0 bridgehead atoms. The molecule has 1 aromatic heterocycles. The second-order valence-corrected chi connectivity index (χ2v) is 8.59. The van der Waals surface area contributed by atoms with Crippen molar-refractivity contribution in [3.8, 4) is 10.4 Å². The number of hydrogen-bond donors (Lipinski definition) is 3. The Labute approximate surface area is 166 Å². The fourth-order valence-corrected chi connectivity index (χ4v) is 3.86. The number of thiophene rings is 1. The van der Waals surface area contributed by atoms with Crippen LogP contribution in [0.2, 0.25) is 0 Å². The van der Waals surface area contributed by atoms with Crippen molar-refractivity contribution in [3.05, 3.63) is 77.2 Å². The second-order valence-electron chi connectivity index (χ2n) is 5.93. The van der Waals surface area contributed by atoms with Gasteiger partial charge in [0.05, 0.1) is 11.8 Å². The van der Waals surface area contributed by atoms with Gasteiger partial charge in [-0.3, -0.25) is 25.2 Å². The summed E-state index contributed by atoms with van der Waals surface area (Å²) in [5.74, 6) is -1.01. The molecule has 7 nitrogen and oxygen atoms in total. The average Bonchev–Trinajstić information content (AvgIpc) is 3.16. The van der Waals surface area contributed by atoms with E-state index in [-0.39, 0.29) is 11.3 Å². The van der Waals surface area contributed by atoms with E-state index in [0.29, 0.717) is 5.56 Å². The normalized spacial score (nSPS) is 10.9. The number of rotatable bonds is 5. The monoisotopic (exact) mass is 415 g/mol. The molecular weight excluding hydrogens is 398 g/mol. The van der Waals surface area contributed by atoms with E-state index in [0.717, 1.165) is 16.7 Å². The fourth-order valence-electron chi connectivity index (χ4n) is 2.40. The van der Waals surface area contributed by atoms with E-state index in [9.17, 15) is 18.0 Å². The molecule has 2 amide bonds. The molecule has 3 aromatic rings. The highest BCUT2D eigenvalue weighted by molar-refractivity contribution is 7.92. The van der Waals surface area contributed by atoms with Crippen molar-refractivity contribution in [1.29, 1.82) is 0 Å². The summed E-state index contributed by atoms with van der Waals surface area (Å²) in [6.07, 6.45) is 1.02. The lowest BCUT2D eigenvalue weighted by atomic mass is 10.1. The molecule has 3 rings (SSSR count). The van der Waals surface area contributed by atoms with Crippen LogP contribution in [0, 0.1) is 0 Å². The number of amides is 2. The third-order valence-corrected chi connectivity index (χ3v) is 5.22. The van der Waals surface area contributed by atoms with Gasteiger partial charge in [-0.25, -0.2) is 8.42 Å². The first-order valence-corrected chi connectivity index (χ1v) is 10.9. The number of anilines is 1. The molecule has 0 atom stereocenters. The molecular formula is C19H17N3O4S2. The van der Waals surface area contributed by atoms with Crippen LogP contribution in [-0.2, 0) is 10.0 Å². The molecule has 144 valence electrons. The lowest BCUT2D eigenvalue weighted by Gasteiger charge is -2.08. The SMILES string of the molecule is CS(=O)(=O)Nc1cccc(C(=O)NNC(=O)c2csc(-c3ccccc3)c2)c1. The Morgan fingerprint density at radius 2 is 1.54 bits per heavy atom. The maximum Gasteiger partial charge on any atom is 0.270 e. The van der Waals surface area contributed by atoms with Gasteiger partial charge in [0.15, 0.2) is 0 Å². The van der Waals surface area contributed by atoms with E-state index in [2.05, 4.69) is 15.6 Å². The highest BCUT2D eigenvalue weighted by atomic mass is 32.2. The summed E-state index contributed by atoms with van der Waals surface area (Å²) >= 11 is 1.43. The van der Waals surface area contributed by atoms with Crippen LogP contribution >= 0.6 is 11.3 Å². The van der Waals surface area contributed by atoms with E-state index >= 15 is 0 Å². The molecule has 0 aliphatic heterocycles. The zero-order valence-electron chi connectivity index (χ0n) is 14.8. The first-order valence-electron chi connectivity index (χ1n) is 8.14. The number of sulfonamides is 1. The highest BCUT2D eigenvalue weighted by Crippen LogP contribution is 2.26.